The first-order valence-electron chi connectivity index (χ1n) is 11.7. The standard InChI is InChI=1S/C26H38N2O3S/c1-5-7-14-26(15-8-6-2)18-32(30,31)23-13-12-21(28(3)4)17-22(23)24(25(26)29)19-10-9-11-20(27)16-19/h9-13,16-17,24-25,29H,5-8,14-15,18,27H2,1-4H3/t24-,25-/m1/s1. The molecule has 1 aliphatic heterocycles. The molecule has 0 fully saturated rings. The minimum Gasteiger partial charge on any atom is -0.399 e. The molecular weight excluding hydrogens is 420 g/mol. The van der Waals surface area contributed by atoms with Gasteiger partial charge in [0.05, 0.1) is 16.8 Å². The third-order valence-corrected chi connectivity index (χ3v) is 8.92. The van der Waals surface area contributed by atoms with Crippen LogP contribution in [0.4, 0.5) is 11.4 Å². The molecule has 0 amide bonds. The molecule has 176 valence electrons. The summed E-state index contributed by atoms with van der Waals surface area (Å²) in [5.41, 5.74) is 8.48. The fourth-order valence-corrected chi connectivity index (χ4v) is 7.33. The number of nitrogens with zero attached hydrogens (tertiary/aromatic N) is 1. The normalized spacial score (nSPS) is 21.5. The van der Waals surface area contributed by atoms with Crippen LogP contribution in [0.15, 0.2) is 47.4 Å². The molecule has 0 saturated heterocycles. The summed E-state index contributed by atoms with van der Waals surface area (Å²) >= 11 is 0. The highest BCUT2D eigenvalue weighted by atomic mass is 32.2. The van der Waals surface area contributed by atoms with Gasteiger partial charge < -0.3 is 15.7 Å². The van der Waals surface area contributed by atoms with Crippen LogP contribution in [-0.2, 0) is 9.84 Å². The Balaban J connectivity index is 2.31. The molecule has 1 heterocycles. The zero-order chi connectivity index (χ0) is 23.5. The average Bonchev–Trinajstić information content (AvgIpc) is 2.82. The summed E-state index contributed by atoms with van der Waals surface area (Å²) in [4.78, 5) is 2.30. The van der Waals surface area contributed by atoms with E-state index in [1.165, 1.54) is 0 Å². The lowest BCUT2D eigenvalue weighted by Crippen LogP contribution is -2.43. The molecule has 0 radical (unpaired) electrons. The highest BCUT2D eigenvalue weighted by molar-refractivity contribution is 7.91. The van der Waals surface area contributed by atoms with E-state index in [2.05, 4.69) is 13.8 Å². The smallest absolute Gasteiger partial charge is 0.179 e. The Bertz CT molecular complexity index is 1030. The van der Waals surface area contributed by atoms with Crippen molar-refractivity contribution in [1.82, 2.24) is 0 Å². The summed E-state index contributed by atoms with van der Waals surface area (Å²) < 4.78 is 27.5. The van der Waals surface area contributed by atoms with Crippen LogP contribution in [0.25, 0.3) is 0 Å². The molecule has 1 aliphatic rings. The summed E-state index contributed by atoms with van der Waals surface area (Å²) in [5.74, 6) is -0.478. The number of rotatable bonds is 8. The van der Waals surface area contributed by atoms with E-state index in [1.807, 2.05) is 55.4 Å². The number of nitrogen functional groups attached to an aromatic ring is 1. The van der Waals surface area contributed by atoms with Crippen molar-refractivity contribution in [2.24, 2.45) is 5.41 Å². The van der Waals surface area contributed by atoms with Gasteiger partial charge in [0.25, 0.3) is 0 Å². The molecule has 6 heteroatoms. The monoisotopic (exact) mass is 458 g/mol. The maximum atomic E-state index is 13.8. The fraction of sp³-hybridized carbons (Fsp3) is 0.538. The highest BCUT2D eigenvalue weighted by Crippen LogP contribution is 2.50. The zero-order valence-electron chi connectivity index (χ0n) is 19.8. The number of nitrogens with two attached hydrogens (primary N) is 1. The molecule has 5 nitrogen and oxygen atoms in total. The average molecular weight is 459 g/mol. The minimum absolute atomic E-state index is 0.0196. The second-order valence-electron chi connectivity index (χ2n) is 9.54. The van der Waals surface area contributed by atoms with Gasteiger partial charge in [-0.25, -0.2) is 8.42 Å². The molecule has 2 aromatic carbocycles. The Morgan fingerprint density at radius 3 is 2.28 bits per heavy atom. The van der Waals surface area contributed by atoms with Crippen molar-refractivity contribution >= 4 is 21.2 Å². The van der Waals surface area contributed by atoms with Gasteiger partial charge in [-0.15, -0.1) is 0 Å². The number of hydrogen-bond acceptors (Lipinski definition) is 5. The molecule has 0 bridgehead atoms. The van der Waals surface area contributed by atoms with Crippen molar-refractivity contribution in [3.05, 3.63) is 53.6 Å². The molecule has 0 unspecified atom stereocenters. The number of anilines is 2. The summed E-state index contributed by atoms with van der Waals surface area (Å²) in [6.45, 7) is 4.22. The summed E-state index contributed by atoms with van der Waals surface area (Å²) in [6.07, 6.45) is 4.26. The molecule has 0 aromatic heterocycles. The first-order valence-corrected chi connectivity index (χ1v) is 13.4. The molecule has 3 rings (SSSR count). The predicted octanol–water partition coefficient (Wildman–Crippen LogP) is 4.98. The molecule has 2 aromatic rings. The van der Waals surface area contributed by atoms with Crippen LogP contribution in [0, 0.1) is 5.41 Å². The van der Waals surface area contributed by atoms with Crippen LogP contribution in [0.3, 0.4) is 0 Å². The number of hydrogen-bond donors (Lipinski definition) is 2. The number of sulfone groups is 1. The van der Waals surface area contributed by atoms with Crippen LogP contribution in [0.1, 0.15) is 69.4 Å². The van der Waals surface area contributed by atoms with Crippen molar-refractivity contribution in [2.75, 3.05) is 30.5 Å². The van der Waals surface area contributed by atoms with E-state index in [0.29, 0.717) is 29.0 Å². The van der Waals surface area contributed by atoms with Crippen molar-refractivity contribution in [2.45, 2.75) is 69.3 Å². The van der Waals surface area contributed by atoms with Crippen LogP contribution in [-0.4, -0.2) is 39.5 Å². The molecule has 0 aliphatic carbocycles. The Labute approximate surface area is 193 Å². The van der Waals surface area contributed by atoms with E-state index in [1.54, 1.807) is 6.07 Å². The maximum absolute atomic E-state index is 13.8. The van der Waals surface area contributed by atoms with Crippen molar-refractivity contribution in [3.63, 3.8) is 0 Å². The van der Waals surface area contributed by atoms with Crippen LogP contribution >= 0.6 is 0 Å². The third kappa shape index (κ3) is 4.81. The topological polar surface area (TPSA) is 83.6 Å². The number of aliphatic hydroxyl groups excluding tert-OH is 1. The van der Waals surface area contributed by atoms with Gasteiger partial charge in [0.2, 0.25) is 0 Å². The van der Waals surface area contributed by atoms with E-state index in [0.717, 1.165) is 36.9 Å². The number of unbranched alkanes of at least 4 members (excludes halogenated alkanes) is 2. The SMILES string of the molecule is CCCCC1(CCCC)CS(=O)(=O)c2ccc(N(C)C)cc2[C@@H](c2cccc(N)c2)[C@H]1O. The fourth-order valence-electron chi connectivity index (χ4n) is 5.14. The first kappa shape index (κ1) is 24.6. The van der Waals surface area contributed by atoms with Gasteiger partial charge in [-0.3, -0.25) is 0 Å². The second-order valence-corrected chi connectivity index (χ2v) is 11.5. The zero-order valence-corrected chi connectivity index (χ0v) is 20.7. The van der Waals surface area contributed by atoms with Gasteiger partial charge in [-0.05, 0) is 54.3 Å². The summed E-state index contributed by atoms with van der Waals surface area (Å²) in [6, 6.07) is 13.0. The van der Waals surface area contributed by atoms with E-state index < -0.39 is 27.3 Å². The Morgan fingerprint density at radius 1 is 1.06 bits per heavy atom. The lowest BCUT2D eigenvalue weighted by molar-refractivity contribution is 0.0127. The van der Waals surface area contributed by atoms with Gasteiger partial charge in [0.15, 0.2) is 9.84 Å². The Hall–Kier alpha value is -2.05. The lowest BCUT2D eigenvalue weighted by Gasteiger charge is -2.40. The quantitative estimate of drug-likeness (QED) is 0.545. The molecule has 0 spiro atoms. The molecular formula is C26H38N2O3S. The summed E-state index contributed by atoms with van der Waals surface area (Å²) in [7, 11) is 0.289. The van der Waals surface area contributed by atoms with Crippen LogP contribution in [0.5, 0.6) is 0 Å². The van der Waals surface area contributed by atoms with E-state index in [4.69, 9.17) is 5.73 Å². The van der Waals surface area contributed by atoms with Crippen molar-refractivity contribution in [1.29, 1.82) is 0 Å². The highest BCUT2D eigenvalue weighted by Gasteiger charge is 2.49. The molecule has 2 atom stereocenters. The molecule has 32 heavy (non-hydrogen) atoms. The molecule has 0 saturated carbocycles. The third-order valence-electron chi connectivity index (χ3n) is 6.93. The minimum atomic E-state index is -3.58. The largest absolute Gasteiger partial charge is 0.399 e. The van der Waals surface area contributed by atoms with Gasteiger partial charge >= 0.3 is 0 Å². The Morgan fingerprint density at radius 2 is 1.72 bits per heavy atom. The second kappa shape index (κ2) is 9.84. The van der Waals surface area contributed by atoms with Gasteiger partial charge in [-0.2, -0.15) is 0 Å². The van der Waals surface area contributed by atoms with Crippen molar-refractivity contribution < 1.29 is 13.5 Å². The first-order chi connectivity index (χ1) is 15.1. The van der Waals surface area contributed by atoms with Crippen LogP contribution < -0.4 is 10.6 Å². The predicted molar refractivity (Wildman–Crippen MR) is 133 cm³/mol. The maximum Gasteiger partial charge on any atom is 0.179 e. The number of aliphatic hydroxyl groups is 1. The lowest BCUT2D eigenvalue weighted by atomic mass is 9.68. The van der Waals surface area contributed by atoms with E-state index >= 15 is 0 Å². The van der Waals surface area contributed by atoms with E-state index in [-0.39, 0.29) is 5.75 Å². The summed E-state index contributed by atoms with van der Waals surface area (Å²) in [5, 5.41) is 12.0. The van der Waals surface area contributed by atoms with Gasteiger partial charge in [-0.1, -0.05) is 51.7 Å². The Kier molecular flexibility index (Phi) is 7.56. The van der Waals surface area contributed by atoms with Gasteiger partial charge in [0, 0.05) is 36.8 Å². The number of benzene rings is 2. The van der Waals surface area contributed by atoms with Crippen LogP contribution in [0.2, 0.25) is 0 Å². The number of fused-ring (bicyclic) bond motifs is 1. The van der Waals surface area contributed by atoms with E-state index in [9.17, 15) is 13.5 Å². The molecule has 3 N–H and O–H groups in total. The van der Waals surface area contributed by atoms with Gasteiger partial charge in [0.1, 0.15) is 0 Å². The van der Waals surface area contributed by atoms with Crippen molar-refractivity contribution in [3.8, 4) is 0 Å².